The molecule has 6 heteroatoms. The van der Waals surface area contributed by atoms with E-state index in [9.17, 15) is 4.79 Å². The van der Waals surface area contributed by atoms with Gasteiger partial charge in [-0.05, 0) is 31.9 Å². The molecule has 2 aromatic heterocycles. The standard InChI is InChI=1S/C13H18N4O2/c1-4-11-8(2)16-17(9(11)3)7-10-5-6-19-12(10)13(18)15-14/h5-6H,4,7,14H2,1-3H3,(H,15,18). The van der Waals surface area contributed by atoms with Crippen molar-refractivity contribution in [1.29, 1.82) is 0 Å². The minimum Gasteiger partial charge on any atom is -0.459 e. The van der Waals surface area contributed by atoms with Crippen LogP contribution in [0.4, 0.5) is 0 Å². The quantitative estimate of drug-likeness (QED) is 0.494. The Labute approximate surface area is 111 Å². The first-order valence-corrected chi connectivity index (χ1v) is 6.18. The SMILES string of the molecule is CCc1c(C)nn(Cc2ccoc2C(=O)NN)c1C. The Kier molecular flexibility index (Phi) is 3.71. The van der Waals surface area contributed by atoms with Crippen molar-refractivity contribution >= 4 is 5.91 Å². The Morgan fingerprint density at radius 2 is 2.26 bits per heavy atom. The van der Waals surface area contributed by atoms with Crippen molar-refractivity contribution in [2.24, 2.45) is 5.84 Å². The van der Waals surface area contributed by atoms with Crippen LogP contribution >= 0.6 is 0 Å². The number of carbonyl (C=O) groups excluding carboxylic acids is 1. The minimum atomic E-state index is -0.433. The fraction of sp³-hybridized carbons (Fsp3) is 0.385. The lowest BCUT2D eigenvalue weighted by molar-refractivity contribution is 0.0924. The number of hydrogen-bond acceptors (Lipinski definition) is 4. The maximum atomic E-state index is 11.5. The van der Waals surface area contributed by atoms with Gasteiger partial charge in [0.05, 0.1) is 18.5 Å². The van der Waals surface area contributed by atoms with Gasteiger partial charge in [-0.1, -0.05) is 6.92 Å². The number of furan rings is 1. The third-order valence-corrected chi connectivity index (χ3v) is 3.29. The number of rotatable bonds is 4. The fourth-order valence-corrected chi connectivity index (χ4v) is 2.29. The normalized spacial score (nSPS) is 10.7. The van der Waals surface area contributed by atoms with Gasteiger partial charge >= 0.3 is 5.91 Å². The van der Waals surface area contributed by atoms with Crippen molar-refractivity contribution in [3.63, 3.8) is 0 Å². The molecule has 0 spiro atoms. The van der Waals surface area contributed by atoms with Gasteiger partial charge in [0, 0.05) is 11.3 Å². The van der Waals surface area contributed by atoms with Crippen LogP contribution in [0.25, 0.3) is 0 Å². The second kappa shape index (κ2) is 5.27. The fourth-order valence-electron chi connectivity index (χ4n) is 2.29. The number of aryl methyl sites for hydroxylation is 1. The van der Waals surface area contributed by atoms with Crippen LogP contribution in [0.2, 0.25) is 0 Å². The summed E-state index contributed by atoms with van der Waals surface area (Å²) in [7, 11) is 0. The topological polar surface area (TPSA) is 86.1 Å². The molecule has 0 aromatic carbocycles. The molecule has 6 nitrogen and oxygen atoms in total. The number of nitrogens with two attached hydrogens (primary N) is 1. The van der Waals surface area contributed by atoms with Gasteiger partial charge in [-0.15, -0.1) is 0 Å². The molecule has 0 aliphatic carbocycles. The van der Waals surface area contributed by atoms with E-state index in [-0.39, 0.29) is 5.76 Å². The predicted octanol–water partition coefficient (Wildman–Crippen LogP) is 1.31. The summed E-state index contributed by atoms with van der Waals surface area (Å²) in [5.74, 6) is 4.92. The van der Waals surface area contributed by atoms with Crippen molar-refractivity contribution in [1.82, 2.24) is 15.2 Å². The molecule has 102 valence electrons. The van der Waals surface area contributed by atoms with E-state index in [1.54, 1.807) is 6.07 Å². The zero-order valence-electron chi connectivity index (χ0n) is 11.4. The smallest absolute Gasteiger partial charge is 0.301 e. The number of nitrogen functional groups attached to an aromatic ring is 1. The number of aromatic nitrogens is 2. The van der Waals surface area contributed by atoms with Gasteiger partial charge in [0.25, 0.3) is 0 Å². The molecular formula is C13H18N4O2. The lowest BCUT2D eigenvalue weighted by Gasteiger charge is -2.05. The molecule has 1 amide bonds. The van der Waals surface area contributed by atoms with E-state index in [1.165, 1.54) is 11.8 Å². The van der Waals surface area contributed by atoms with Gasteiger partial charge in [-0.2, -0.15) is 5.10 Å². The average Bonchev–Trinajstić information content (AvgIpc) is 2.95. The van der Waals surface area contributed by atoms with Crippen LogP contribution in [-0.2, 0) is 13.0 Å². The lowest BCUT2D eigenvalue weighted by Crippen LogP contribution is -2.30. The highest BCUT2D eigenvalue weighted by Crippen LogP contribution is 2.17. The lowest BCUT2D eigenvalue weighted by atomic mass is 10.1. The zero-order valence-corrected chi connectivity index (χ0v) is 11.4. The largest absolute Gasteiger partial charge is 0.459 e. The van der Waals surface area contributed by atoms with Crippen molar-refractivity contribution in [3.8, 4) is 0 Å². The van der Waals surface area contributed by atoms with Crippen LogP contribution in [-0.4, -0.2) is 15.7 Å². The first-order chi connectivity index (χ1) is 9.08. The molecular weight excluding hydrogens is 244 g/mol. The summed E-state index contributed by atoms with van der Waals surface area (Å²) in [6.45, 7) is 6.62. The highest BCUT2D eigenvalue weighted by molar-refractivity contribution is 5.92. The highest BCUT2D eigenvalue weighted by Gasteiger charge is 2.17. The summed E-state index contributed by atoms with van der Waals surface area (Å²) < 4.78 is 7.04. The Hall–Kier alpha value is -2.08. The molecule has 0 bridgehead atoms. The van der Waals surface area contributed by atoms with E-state index in [1.807, 2.05) is 18.5 Å². The van der Waals surface area contributed by atoms with E-state index < -0.39 is 5.91 Å². The Bertz CT molecular complexity index is 598. The van der Waals surface area contributed by atoms with Gasteiger partial charge in [0.2, 0.25) is 0 Å². The molecule has 0 saturated heterocycles. The van der Waals surface area contributed by atoms with Gasteiger partial charge in [-0.3, -0.25) is 14.9 Å². The highest BCUT2D eigenvalue weighted by atomic mass is 16.3. The number of amides is 1. The third-order valence-electron chi connectivity index (χ3n) is 3.29. The number of hydrazine groups is 1. The maximum absolute atomic E-state index is 11.5. The van der Waals surface area contributed by atoms with Crippen LogP contribution in [0.5, 0.6) is 0 Å². The van der Waals surface area contributed by atoms with Gasteiger partial charge in [0.15, 0.2) is 5.76 Å². The van der Waals surface area contributed by atoms with Crippen LogP contribution < -0.4 is 11.3 Å². The van der Waals surface area contributed by atoms with Crippen molar-refractivity contribution in [2.45, 2.75) is 33.7 Å². The van der Waals surface area contributed by atoms with Crippen molar-refractivity contribution in [2.75, 3.05) is 0 Å². The van der Waals surface area contributed by atoms with Crippen LogP contribution in [0.15, 0.2) is 16.7 Å². The van der Waals surface area contributed by atoms with Crippen LogP contribution in [0, 0.1) is 13.8 Å². The summed E-state index contributed by atoms with van der Waals surface area (Å²) in [6, 6.07) is 1.76. The summed E-state index contributed by atoms with van der Waals surface area (Å²) >= 11 is 0. The van der Waals surface area contributed by atoms with Gasteiger partial charge in [-0.25, -0.2) is 5.84 Å². The van der Waals surface area contributed by atoms with E-state index >= 15 is 0 Å². The molecule has 0 unspecified atom stereocenters. The molecule has 0 saturated carbocycles. The zero-order chi connectivity index (χ0) is 14.0. The monoisotopic (exact) mass is 262 g/mol. The Morgan fingerprint density at radius 1 is 1.53 bits per heavy atom. The van der Waals surface area contributed by atoms with E-state index in [0.717, 1.165) is 23.4 Å². The molecule has 2 heterocycles. The molecule has 0 aliphatic rings. The minimum absolute atomic E-state index is 0.230. The average molecular weight is 262 g/mol. The molecule has 0 aliphatic heterocycles. The van der Waals surface area contributed by atoms with E-state index in [2.05, 4.69) is 17.4 Å². The summed E-state index contributed by atoms with van der Waals surface area (Å²) in [5.41, 5.74) is 6.21. The molecule has 19 heavy (non-hydrogen) atoms. The third kappa shape index (κ3) is 2.39. The molecule has 0 fully saturated rings. The summed E-state index contributed by atoms with van der Waals surface area (Å²) in [5, 5.41) is 4.49. The second-order valence-corrected chi connectivity index (χ2v) is 4.41. The second-order valence-electron chi connectivity index (χ2n) is 4.41. The van der Waals surface area contributed by atoms with Gasteiger partial charge < -0.3 is 4.42 Å². The molecule has 0 atom stereocenters. The van der Waals surface area contributed by atoms with E-state index in [0.29, 0.717) is 6.54 Å². The molecule has 3 N–H and O–H groups in total. The van der Waals surface area contributed by atoms with E-state index in [4.69, 9.17) is 10.3 Å². The Morgan fingerprint density at radius 3 is 2.84 bits per heavy atom. The first kappa shape index (κ1) is 13.4. The molecule has 2 rings (SSSR count). The predicted molar refractivity (Wildman–Crippen MR) is 70.5 cm³/mol. The van der Waals surface area contributed by atoms with Crippen molar-refractivity contribution in [3.05, 3.63) is 40.6 Å². The molecule has 2 aromatic rings. The summed E-state index contributed by atoms with van der Waals surface area (Å²) in [6.07, 6.45) is 2.42. The number of nitrogens with one attached hydrogen (secondary N) is 1. The maximum Gasteiger partial charge on any atom is 0.301 e. The van der Waals surface area contributed by atoms with Crippen molar-refractivity contribution < 1.29 is 9.21 Å². The number of hydrogen-bond donors (Lipinski definition) is 2. The first-order valence-electron chi connectivity index (χ1n) is 6.18. The van der Waals surface area contributed by atoms with Crippen LogP contribution in [0.3, 0.4) is 0 Å². The van der Waals surface area contributed by atoms with Crippen LogP contribution in [0.1, 0.15) is 40.0 Å². The Balaban J connectivity index is 2.32. The molecule has 0 radical (unpaired) electrons. The van der Waals surface area contributed by atoms with Gasteiger partial charge in [0.1, 0.15) is 0 Å². The number of nitrogens with zero attached hydrogens (tertiary/aromatic N) is 2. The summed E-state index contributed by atoms with van der Waals surface area (Å²) in [4.78, 5) is 11.5. The number of carbonyl (C=O) groups is 1.